The third kappa shape index (κ3) is 2.66. The van der Waals surface area contributed by atoms with Crippen molar-refractivity contribution in [1.29, 1.82) is 0 Å². The molecule has 0 radical (unpaired) electrons. The van der Waals surface area contributed by atoms with Gasteiger partial charge in [-0.15, -0.1) is 0 Å². The van der Waals surface area contributed by atoms with Crippen molar-refractivity contribution >= 4 is 11.9 Å². The third-order valence-electron chi connectivity index (χ3n) is 4.20. The highest BCUT2D eigenvalue weighted by Gasteiger charge is 2.51. The average Bonchev–Trinajstić information content (AvgIpc) is 2.86. The molecule has 5 heteroatoms. The first-order valence-electron chi connectivity index (χ1n) is 6.74. The standard InChI is InChI=1S/C13H22N2O3/c1-7(2)14-6-10(16)15-12-9-4-3-8(5-9)11(12)13(17)18/h7-9,11-12,14H,3-6H2,1-2H3,(H,15,16)(H,17,18). The van der Waals surface area contributed by atoms with Crippen molar-refractivity contribution in [2.45, 2.75) is 45.2 Å². The number of carbonyl (C=O) groups excluding carboxylic acids is 1. The molecule has 0 saturated heterocycles. The highest BCUT2D eigenvalue weighted by molar-refractivity contribution is 5.80. The largest absolute Gasteiger partial charge is 0.481 e. The number of carboxylic acids is 1. The van der Waals surface area contributed by atoms with Gasteiger partial charge in [-0.05, 0) is 31.1 Å². The van der Waals surface area contributed by atoms with Gasteiger partial charge in [0, 0.05) is 12.1 Å². The van der Waals surface area contributed by atoms with Gasteiger partial charge in [0.1, 0.15) is 0 Å². The number of nitrogens with one attached hydrogen (secondary N) is 2. The van der Waals surface area contributed by atoms with E-state index in [1.54, 1.807) is 0 Å². The third-order valence-corrected chi connectivity index (χ3v) is 4.20. The molecule has 2 rings (SSSR count). The summed E-state index contributed by atoms with van der Waals surface area (Å²) in [5.74, 6) is -0.612. The van der Waals surface area contributed by atoms with Gasteiger partial charge in [0.05, 0.1) is 12.5 Å². The normalized spacial score (nSPS) is 33.9. The molecule has 4 unspecified atom stereocenters. The van der Waals surface area contributed by atoms with Gasteiger partial charge in [0.15, 0.2) is 0 Å². The molecule has 0 aromatic heterocycles. The van der Waals surface area contributed by atoms with Crippen LogP contribution in [0.25, 0.3) is 0 Å². The van der Waals surface area contributed by atoms with Crippen LogP contribution in [0.4, 0.5) is 0 Å². The Morgan fingerprint density at radius 1 is 1.28 bits per heavy atom. The Hall–Kier alpha value is -1.10. The summed E-state index contributed by atoms with van der Waals surface area (Å²) in [4.78, 5) is 23.1. The summed E-state index contributed by atoms with van der Waals surface area (Å²) in [5.41, 5.74) is 0. The zero-order chi connectivity index (χ0) is 13.3. The predicted octanol–water partition coefficient (Wildman–Crippen LogP) is 0.600. The van der Waals surface area contributed by atoms with E-state index in [-0.39, 0.29) is 36.4 Å². The first-order chi connectivity index (χ1) is 8.49. The van der Waals surface area contributed by atoms with Crippen LogP contribution in [-0.4, -0.2) is 35.6 Å². The highest BCUT2D eigenvalue weighted by atomic mass is 16.4. The number of rotatable bonds is 5. The molecule has 5 nitrogen and oxygen atoms in total. The maximum absolute atomic E-state index is 11.8. The van der Waals surface area contributed by atoms with Crippen LogP contribution in [0.15, 0.2) is 0 Å². The number of amides is 1. The molecule has 2 aliphatic carbocycles. The average molecular weight is 254 g/mol. The first-order valence-corrected chi connectivity index (χ1v) is 6.74. The molecular formula is C13H22N2O3. The molecule has 2 fully saturated rings. The second-order valence-corrected chi connectivity index (χ2v) is 5.83. The molecule has 18 heavy (non-hydrogen) atoms. The van der Waals surface area contributed by atoms with E-state index in [1.165, 1.54) is 0 Å². The molecule has 2 saturated carbocycles. The Morgan fingerprint density at radius 3 is 2.56 bits per heavy atom. The monoisotopic (exact) mass is 254 g/mol. The number of hydrogen-bond donors (Lipinski definition) is 3. The van der Waals surface area contributed by atoms with E-state index in [1.807, 2.05) is 13.8 Å². The van der Waals surface area contributed by atoms with Gasteiger partial charge < -0.3 is 15.7 Å². The van der Waals surface area contributed by atoms with Gasteiger partial charge in [0.25, 0.3) is 0 Å². The maximum atomic E-state index is 11.8. The Balaban J connectivity index is 1.91. The summed E-state index contributed by atoms with van der Waals surface area (Å²) in [6.45, 7) is 4.22. The molecular weight excluding hydrogens is 232 g/mol. The fourth-order valence-electron chi connectivity index (χ4n) is 3.39. The van der Waals surface area contributed by atoms with Gasteiger partial charge in [-0.25, -0.2) is 0 Å². The molecule has 4 atom stereocenters. The van der Waals surface area contributed by atoms with E-state index < -0.39 is 5.97 Å². The van der Waals surface area contributed by atoms with Crippen LogP contribution in [-0.2, 0) is 9.59 Å². The summed E-state index contributed by atoms with van der Waals surface area (Å²) in [6.07, 6.45) is 3.01. The van der Waals surface area contributed by atoms with Crippen molar-refractivity contribution in [3.05, 3.63) is 0 Å². The van der Waals surface area contributed by atoms with Crippen LogP contribution < -0.4 is 10.6 Å². The van der Waals surface area contributed by atoms with Crippen LogP contribution in [0.2, 0.25) is 0 Å². The molecule has 1 amide bonds. The minimum atomic E-state index is -0.760. The molecule has 2 aliphatic rings. The van der Waals surface area contributed by atoms with Crippen molar-refractivity contribution in [2.24, 2.45) is 17.8 Å². The lowest BCUT2D eigenvalue weighted by Gasteiger charge is -2.29. The summed E-state index contributed by atoms with van der Waals surface area (Å²) in [5, 5.41) is 15.2. The summed E-state index contributed by atoms with van der Waals surface area (Å²) in [6, 6.07) is 0.0914. The quantitative estimate of drug-likeness (QED) is 0.671. The predicted molar refractivity (Wildman–Crippen MR) is 67.0 cm³/mol. The van der Waals surface area contributed by atoms with Crippen LogP contribution in [0.1, 0.15) is 33.1 Å². The van der Waals surface area contributed by atoms with E-state index in [0.29, 0.717) is 5.92 Å². The van der Waals surface area contributed by atoms with Crippen LogP contribution in [0, 0.1) is 17.8 Å². The van der Waals surface area contributed by atoms with E-state index in [2.05, 4.69) is 10.6 Å². The smallest absolute Gasteiger partial charge is 0.308 e. The summed E-state index contributed by atoms with van der Waals surface area (Å²) < 4.78 is 0. The van der Waals surface area contributed by atoms with E-state index >= 15 is 0 Å². The van der Waals surface area contributed by atoms with E-state index in [4.69, 9.17) is 0 Å². The van der Waals surface area contributed by atoms with Crippen molar-refractivity contribution in [3.63, 3.8) is 0 Å². The van der Waals surface area contributed by atoms with Crippen LogP contribution in [0.3, 0.4) is 0 Å². The Kier molecular flexibility index (Phi) is 3.90. The molecule has 102 valence electrons. The zero-order valence-corrected chi connectivity index (χ0v) is 11.0. The van der Waals surface area contributed by atoms with E-state index in [9.17, 15) is 14.7 Å². The van der Waals surface area contributed by atoms with Crippen molar-refractivity contribution < 1.29 is 14.7 Å². The van der Waals surface area contributed by atoms with Gasteiger partial charge in [0.2, 0.25) is 5.91 Å². The van der Waals surface area contributed by atoms with Gasteiger partial charge in [-0.2, -0.15) is 0 Å². The lowest BCUT2D eigenvalue weighted by Crippen LogP contribution is -2.49. The van der Waals surface area contributed by atoms with Crippen LogP contribution >= 0.6 is 0 Å². The fraction of sp³-hybridized carbons (Fsp3) is 0.846. The molecule has 3 N–H and O–H groups in total. The number of hydrogen-bond acceptors (Lipinski definition) is 3. The molecule has 2 bridgehead atoms. The zero-order valence-electron chi connectivity index (χ0n) is 11.0. The second kappa shape index (κ2) is 5.26. The molecule has 0 heterocycles. The Bertz CT molecular complexity index is 343. The number of aliphatic carboxylic acids is 1. The summed E-state index contributed by atoms with van der Waals surface area (Å²) in [7, 11) is 0. The molecule has 0 aliphatic heterocycles. The van der Waals surface area contributed by atoms with Crippen molar-refractivity contribution in [3.8, 4) is 0 Å². The molecule has 0 aromatic carbocycles. The summed E-state index contributed by atoms with van der Waals surface area (Å²) >= 11 is 0. The van der Waals surface area contributed by atoms with Gasteiger partial charge >= 0.3 is 5.97 Å². The topological polar surface area (TPSA) is 78.4 Å². The maximum Gasteiger partial charge on any atom is 0.308 e. The van der Waals surface area contributed by atoms with Crippen molar-refractivity contribution in [1.82, 2.24) is 10.6 Å². The molecule has 0 spiro atoms. The van der Waals surface area contributed by atoms with Crippen LogP contribution in [0.5, 0.6) is 0 Å². The van der Waals surface area contributed by atoms with Gasteiger partial charge in [-0.3, -0.25) is 9.59 Å². The first kappa shape index (κ1) is 13.3. The Morgan fingerprint density at radius 2 is 1.94 bits per heavy atom. The van der Waals surface area contributed by atoms with E-state index in [0.717, 1.165) is 19.3 Å². The lowest BCUT2D eigenvalue weighted by atomic mass is 9.84. The van der Waals surface area contributed by atoms with Crippen molar-refractivity contribution in [2.75, 3.05) is 6.54 Å². The SMILES string of the molecule is CC(C)NCC(=O)NC1C2CCC(C2)C1C(=O)O. The molecule has 0 aromatic rings. The second-order valence-electron chi connectivity index (χ2n) is 5.83. The minimum absolute atomic E-state index is 0.0903. The highest BCUT2D eigenvalue weighted by Crippen LogP contribution is 2.48. The fourth-order valence-corrected chi connectivity index (χ4v) is 3.39. The Labute approximate surface area is 107 Å². The van der Waals surface area contributed by atoms with Gasteiger partial charge in [-0.1, -0.05) is 13.8 Å². The number of carboxylic acid groups (broad SMARTS) is 1. The number of fused-ring (bicyclic) bond motifs is 2. The number of carbonyl (C=O) groups is 2. The lowest BCUT2D eigenvalue weighted by molar-refractivity contribution is -0.144. The minimum Gasteiger partial charge on any atom is -0.481 e.